The summed E-state index contributed by atoms with van der Waals surface area (Å²) in [4.78, 5) is 29.6. The average Bonchev–Trinajstić information content (AvgIpc) is 3.61. The number of hydrogen-bond donors (Lipinski definition) is 0. The topological polar surface area (TPSA) is 84.5 Å². The molecule has 0 N–H and O–H groups in total. The molecule has 8 nitrogen and oxygen atoms in total. The molecule has 1 fully saturated rings. The van der Waals surface area contributed by atoms with Crippen LogP contribution in [0.15, 0.2) is 88.6 Å². The molecule has 3 heterocycles. The summed E-state index contributed by atoms with van der Waals surface area (Å²) < 4.78 is 7.50. The third kappa shape index (κ3) is 5.73. The number of aryl methyl sites for hydroxylation is 1. The minimum atomic E-state index is -0.0767. The molecule has 9 heteroatoms. The second kappa shape index (κ2) is 11.5. The maximum absolute atomic E-state index is 13.2. The molecule has 0 saturated carbocycles. The van der Waals surface area contributed by atoms with E-state index >= 15 is 0 Å². The van der Waals surface area contributed by atoms with Crippen molar-refractivity contribution >= 4 is 29.7 Å². The molecule has 4 aromatic rings. The van der Waals surface area contributed by atoms with Gasteiger partial charge in [0.25, 0.3) is 0 Å². The van der Waals surface area contributed by atoms with Crippen molar-refractivity contribution in [1.82, 2.24) is 24.6 Å². The van der Waals surface area contributed by atoms with Gasteiger partial charge in [-0.15, -0.1) is 10.2 Å². The van der Waals surface area contributed by atoms with Gasteiger partial charge in [0.05, 0.1) is 17.7 Å². The Balaban J connectivity index is 1.23. The van der Waals surface area contributed by atoms with Crippen molar-refractivity contribution in [2.45, 2.75) is 25.0 Å². The van der Waals surface area contributed by atoms with E-state index in [1.165, 1.54) is 11.8 Å². The van der Waals surface area contributed by atoms with Crippen molar-refractivity contribution in [1.29, 1.82) is 0 Å². The maximum Gasteiger partial charge on any atom is 0.246 e. The molecule has 0 aliphatic carbocycles. The number of nitrogens with zero attached hydrogens (tertiary/aromatic N) is 5. The Morgan fingerprint density at radius 3 is 2.63 bits per heavy atom. The standard InChI is InChI=1S/C29H29N5O3S/c1-21-8-6-11-24(18-21)34-28(25-12-7-17-37-25)30-31-29(34)38-20-27(36)32-15-16-33(22(2)19-32)26(35)14-13-23-9-4-3-5-10-23/h3-14,17-18,22H,15-16,19-20H2,1-2H3. The third-order valence-electron chi connectivity index (χ3n) is 6.44. The van der Waals surface area contributed by atoms with Crippen molar-refractivity contribution in [3.05, 3.63) is 90.2 Å². The molecule has 0 spiro atoms. The summed E-state index contributed by atoms with van der Waals surface area (Å²) in [6.45, 7) is 5.49. The largest absolute Gasteiger partial charge is 0.461 e. The first-order chi connectivity index (χ1) is 18.5. The predicted octanol–water partition coefficient (Wildman–Crippen LogP) is 4.70. The van der Waals surface area contributed by atoms with Crippen LogP contribution in [0.4, 0.5) is 0 Å². The lowest BCUT2D eigenvalue weighted by atomic mass is 10.1. The van der Waals surface area contributed by atoms with E-state index in [9.17, 15) is 9.59 Å². The van der Waals surface area contributed by atoms with Crippen molar-refractivity contribution in [3.8, 4) is 17.3 Å². The molecule has 2 aromatic heterocycles. The number of carbonyl (C=O) groups excluding carboxylic acids is 2. The number of thioether (sulfide) groups is 1. The highest BCUT2D eigenvalue weighted by Gasteiger charge is 2.29. The van der Waals surface area contributed by atoms with E-state index in [-0.39, 0.29) is 23.6 Å². The molecular formula is C29H29N5O3S. The van der Waals surface area contributed by atoms with Gasteiger partial charge in [0.2, 0.25) is 17.6 Å². The van der Waals surface area contributed by atoms with Crippen LogP contribution < -0.4 is 0 Å². The lowest BCUT2D eigenvalue weighted by Crippen LogP contribution is -2.55. The van der Waals surface area contributed by atoms with Gasteiger partial charge in [0, 0.05) is 31.8 Å². The van der Waals surface area contributed by atoms with Gasteiger partial charge >= 0.3 is 0 Å². The molecule has 2 amide bonds. The van der Waals surface area contributed by atoms with Gasteiger partial charge in [-0.3, -0.25) is 14.2 Å². The maximum atomic E-state index is 13.2. The molecule has 1 aliphatic rings. The Morgan fingerprint density at radius 2 is 1.89 bits per heavy atom. The van der Waals surface area contributed by atoms with Crippen molar-refractivity contribution in [3.63, 3.8) is 0 Å². The Kier molecular flexibility index (Phi) is 7.74. The van der Waals surface area contributed by atoms with Gasteiger partial charge in [-0.2, -0.15) is 0 Å². The van der Waals surface area contributed by atoms with Crippen LogP contribution in [0, 0.1) is 6.92 Å². The van der Waals surface area contributed by atoms with E-state index < -0.39 is 0 Å². The Hall–Kier alpha value is -4.11. The molecule has 194 valence electrons. The average molecular weight is 528 g/mol. The second-order valence-electron chi connectivity index (χ2n) is 9.21. The first-order valence-corrected chi connectivity index (χ1v) is 13.5. The summed E-state index contributed by atoms with van der Waals surface area (Å²) in [5.74, 6) is 1.37. The number of benzene rings is 2. The van der Waals surface area contributed by atoms with Gasteiger partial charge in [0.15, 0.2) is 10.9 Å². The number of furan rings is 1. The summed E-state index contributed by atoms with van der Waals surface area (Å²) in [5.41, 5.74) is 2.99. The SMILES string of the molecule is Cc1cccc(-n2c(SCC(=O)N3CCN(C(=O)C=Cc4ccccc4)C(C)C3)nnc2-c2ccco2)c1. The fraction of sp³-hybridized carbons (Fsp3) is 0.241. The molecule has 38 heavy (non-hydrogen) atoms. The molecular weight excluding hydrogens is 498 g/mol. The minimum Gasteiger partial charge on any atom is -0.461 e. The zero-order chi connectivity index (χ0) is 26.5. The first kappa shape index (κ1) is 25.5. The van der Waals surface area contributed by atoms with Gasteiger partial charge in [-0.1, -0.05) is 54.2 Å². The number of rotatable bonds is 7. The van der Waals surface area contributed by atoms with Crippen LogP contribution in [-0.2, 0) is 9.59 Å². The van der Waals surface area contributed by atoms with Crippen LogP contribution >= 0.6 is 11.8 Å². The molecule has 5 rings (SSSR count). The van der Waals surface area contributed by atoms with Crippen LogP contribution in [-0.4, -0.2) is 67.8 Å². The highest BCUT2D eigenvalue weighted by Crippen LogP contribution is 2.29. The molecule has 0 radical (unpaired) electrons. The van der Waals surface area contributed by atoms with Crippen LogP contribution in [0.25, 0.3) is 23.3 Å². The zero-order valence-electron chi connectivity index (χ0n) is 21.4. The first-order valence-electron chi connectivity index (χ1n) is 12.5. The van der Waals surface area contributed by atoms with Crippen LogP contribution in [0.1, 0.15) is 18.1 Å². The second-order valence-corrected chi connectivity index (χ2v) is 10.2. The molecule has 1 saturated heterocycles. The van der Waals surface area contributed by atoms with Gasteiger partial charge in [-0.05, 0) is 55.3 Å². The fourth-order valence-corrected chi connectivity index (χ4v) is 5.34. The van der Waals surface area contributed by atoms with Crippen molar-refractivity contribution < 1.29 is 14.0 Å². The van der Waals surface area contributed by atoms with Crippen LogP contribution in [0.3, 0.4) is 0 Å². The Labute approximate surface area is 226 Å². The van der Waals surface area contributed by atoms with Gasteiger partial charge in [-0.25, -0.2) is 0 Å². The van der Waals surface area contributed by atoms with E-state index in [4.69, 9.17) is 4.42 Å². The minimum absolute atomic E-state index is 0.00659. The van der Waals surface area contributed by atoms with Crippen molar-refractivity contribution in [2.75, 3.05) is 25.4 Å². The van der Waals surface area contributed by atoms with E-state index in [2.05, 4.69) is 10.2 Å². The highest BCUT2D eigenvalue weighted by atomic mass is 32.2. The lowest BCUT2D eigenvalue weighted by molar-refractivity contribution is -0.138. The monoisotopic (exact) mass is 527 g/mol. The molecule has 0 bridgehead atoms. The fourth-order valence-electron chi connectivity index (χ4n) is 4.49. The Bertz CT molecular complexity index is 1430. The quantitative estimate of drug-likeness (QED) is 0.256. The van der Waals surface area contributed by atoms with Crippen LogP contribution in [0.2, 0.25) is 0 Å². The number of carbonyl (C=O) groups is 2. The number of aromatic nitrogens is 3. The lowest BCUT2D eigenvalue weighted by Gasteiger charge is -2.39. The number of hydrogen-bond acceptors (Lipinski definition) is 6. The van der Waals surface area contributed by atoms with Gasteiger partial charge in [0.1, 0.15) is 0 Å². The summed E-state index contributed by atoms with van der Waals surface area (Å²) in [5, 5.41) is 9.35. The van der Waals surface area contributed by atoms with Crippen LogP contribution in [0.5, 0.6) is 0 Å². The Morgan fingerprint density at radius 1 is 1.05 bits per heavy atom. The van der Waals surface area contributed by atoms with Gasteiger partial charge < -0.3 is 14.2 Å². The predicted molar refractivity (Wildman–Crippen MR) is 148 cm³/mol. The zero-order valence-corrected chi connectivity index (χ0v) is 22.2. The molecule has 1 atom stereocenters. The number of piperazine rings is 1. The normalized spacial score (nSPS) is 15.8. The third-order valence-corrected chi connectivity index (χ3v) is 7.35. The van der Waals surface area contributed by atoms with E-state index in [1.807, 2.05) is 101 Å². The molecule has 2 aromatic carbocycles. The van der Waals surface area contributed by atoms with E-state index in [0.717, 1.165) is 16.8 Å². The summed E-state index contributed by atoms with van der Waals surface area (Å²) in [6, 6.07) is 21.4. The molecule has 1 aliphatic heterocycles. The highest BCUT2D eigenvalue weighted by molar-refractivity contribution is 7.99. The number of amides is 2. The molecule has 1 unspecified atom stereocenters. The summed E-state index contributed by atoms with van der Waals surface area (Å²) in [7, 11) is 0. The van der Waals surface area contributed by atoms with E-state index in [0.29, 0.717) is 36.4 Å². The van der Waals surface area contributed by atoms with E-state index in [1.54, 1.807) is 12.3 Å². The smallest absolute Gasteiger partial charge is 0.246 e. The summed E-state index contributed by atoms with van der Waals surface area (Å²) >= 11 is 1.35. The summed E-state index contributed by atoms with van der Waals surface area (Å²) in [6.07, 6.45) is 5.03. The van der Waals surface area contributed by atoms with Crippen molar-refractivity contribution in [2.24, 2.45) is 0 Å².